The Morgan fingerprint density at radius 3 is 1.03 bits per heavy atom. The molecule has 0 fully saturated rings. The third kappa shape index (κ3) is 45.0. The molecule has 0 amide bonds. The molecule has 0 radical (unpaired) electrons. The highest BCUT2D eigenvalue weighted by Gasteiger charge is 2.27. The molecule has 3 N–H and O–H groups in total. The van der Waals surface area contributed by atoms with Gasteiger partial charge in [0.2, 0.25) is 0 Å². The van der Waals surface area contributed by atoms with Crippen LogP contribution in [0, 0.1) is 0 Å². The second kappa shape index (κ2) is 46.0. The maximum absolute atomic E-state index is 12.7. The van der Waals surface area contributed by atoms with Gasteiger partial charge in [0.25, 0.3) is 0 Å². The van der Waals surface area contributed by atoms with Crippen LogP contribution in [-0.4, -0.2) is 65.7 Å². The summed E-state index contributed by atoms with van der Waals surface area (Å²) in [5.74, 6) is -0.904. The van der Waals surface area contributed by atoms with Crippen molar-refractivity contribution in [2.75, 3.05) is 26.4 Å². The van der Waals surface area contributed by atoms with E-state index in [1.807, 2.05) is 0 Å². The molecule has 0 aromatic rings. The van der Waals surface area contributed by atoms with Crippen molar-refractivity contribution in [2.45, 2.75) is 276 Å². The summed E-state index contributed by atoms with van der Waals surface area (Å²) in [6.45, 7) is 2.45. The molecule has 1 unspecified atom stereocenters. The van der Waals surface area contributed by atoms with Crippen LogP contribution in [0.25, 0.3) is 0 Å². The van der Waals surface area contributed by atoms with Crippen molar-refractivity contribution >= 4 is 19.8 Å². The van der Waals surface area contributed by atoms with E-state index >= 15 is 0 Å². The normalized spacial score (nSPS) is 13.6. The van der Waals surface area contributed by atoms with E-state index in [2.05, 4.69) is 13.8 Å². The minimum absolute atomic E-state index is 0.193. The number of phosphoric acid groups is 1. The summed E-state index contributed by atoms with van der Waals surface area (Å²) >= 11 is 0. The fraction of sp³-hybridized carbons (Fsp3) is 0.959. The first-order valence-corrected chi connectivity index (χ1v) is 27.0. The lowest BCUT2D eigenvalue weighted by molar-refractivity contribution is -0.161. The standard InChI is InChI=1S/C49H97O10P/c1-3-5-7-9-11-13-15-17-19-20-21-22-23-24-25-26-27-29-31-33-35-37-39-41-49(53)59-47(45-58-60(54,55)57-43-46(51)42-50)44-56-48(52)40-38-36-34-32-30-28-18-16-14-12-10-8-6-4-2/h46-47,50-51H,3-45H2,1-2H3,(H,54,55)/t46-,47+/m0/s1. The molecule has 0 rings (SSSR count). The lowest BCUT2D eigenvalue weighted by Crippen LogP contribution is -2.29. The van der Waals surface area contributed by atoms with Crippen molar-refractivity contribution in [1.29, 1.82) is 0 Å². The lowest BCUT2D eigenvalue weighted by Gasteiger charge is -2.20. The molecule has 0 aliphatic rings. The molecule has 11 heteroatoms. The summed E-state index contributed by atoms with van der Waals surface area (Å²) in [5, 5.41) is 18.4. The van der Waals surface area contributed by atoms with Crippen molar-refractivity contribution in [3.8, 4) is 0 Å². The maximum atomic E-state index is 12.7. The Morgan fingerprint density at radius 1 is 0.433 bits per heavy atom. The van der Waals surface area contributed by atoms with Crippen LogP contribution in [-0.2, 0) is 32.7 Å². The number of hydrogen-bond acceptors (Lipinski definition) is 9. The molecule has 0 spiro atoms. The van der Waals surface area contributed by atoms with E-state index in [9.17, 15) is 24.2 Å². The maximum Gasteiger partial charge on any atom is 0.472 e. The Bertz CT molecular complexity index is 966. The van der Waals surface area contributed by atoms with Crippen LogP contribution in [0.4, 0.5) is 0 Å². The minimum atomic E-state index is -4.61. The zero-order chi connectivity index (χ0) is 44.0. The van der Waals surface area contributed by atoms with Crippen LogP contribution in [0.15, 0.2) is 0 Å². The van der Waals surface area contributed by atoms with Gasteiger partial charge in [-0.1, -0.05) is 239 Å². The molecule has 60 heavy (non-hydrogen) atoms. The smallest absolute Gasteiger partial charge is 0.462 e. The van der Waals surface area contributed by atoms with Gasteiger partial charge in [-0.2, -0.15) is 0 Å². The number of phosphoric ester groups is 1. The third-order valence-corrected chi connectivity index (χ3v) is 12.5. The second-order valence-corrected chi connectivity index (χ2v) is 19.0. The van der Waals surface area contributed by atoms with Gasteiger partial charge in [-0.15, -0.1) is 0 Å². The Morgan fingerprint density at radius 2 is 0.717 bits per heavy atom. The number of carbonyl (C=O) groups excluding carboxylic acids is 2. The van der Waals surface area contributed by atoms with Crippen LogP contribution in [0.5, 0.6) is 0 Å². The average molecular weight is 877 g/mol. The van der Waals surface area contributed by atoms with Crippen LogP contribution >= 0.6 is 7.82 Å². The quantitative estimate of drug-likeness (QED) is 0.0306. The molecular formula is C49H97O10P. The van der Waals surface area contributed by atoms with Gasteiger partial charge in [-0.05, 0) is 12.8 Å². The highest BCUT2D eigenvalue weighted by molar-refractivity contribution is 7.47. The number of carbonyl (C=O) groups is 2. The van der Waals surface area contributed by atoms with Gasteiger partial charge in [0.15, 0.2) is 6.10 Å². The minimum Gasteiger partial charge on any atom is -0.462 e. The molecule has 0 saturated heterocycles. The fourth-order valence-corrected chi connectivity index (χ4v) is 8.37. The van der Waals surface area contributed by atoms with E-state index in [0.29, 0.717) is 12.8 Å². The number of esters is 2. The van der Waals surface area contributed by atoms with Crippen LogP contribution in [0.1, 0.15) is 264 Å². The molecule has 0 aliphatic heterocycles. The Hall–Kier alpha value is -1.03. The lowest BCUT2D eigenvalue weighted by atomic mass is 10.0. The Labute approximate surface area is 369 Å². The van der Waals surface area contributed by atoms with E-state index in [0.717, 1.165) is 32.1 Å². The fourth-order valence-electron chi connectivity index (χ4n) is 7.59. The second-order valence-electron chi connectivity index (χ2n) is 17.6. The first-order chi connectivity index (χ1) is 29.2. The number of aliphatic hydroxyl groups excluding tert-OH is 2. The third-order valence-electron chi connectivity index (χ3n) is 11.5. The summed E-state index contributed by atoms with van der Waals surface area (Å²) in [4.78, 5) is 35.1. The number of aliphatic hydroxyl groups is 2. The van der Waals surface area contributed by atoms with Crippen molar-refractivity contribution in [3.05, 3.63) is 0 Å². The molecular weight excluding hydrogens is 780 g/mol. The number of hydrogen-bond donors (Lipinski definition) is 3. The van der Waals surface area contributed by atoms with Crippen LogP contribution in [0.2, 0.25) is 0 Å². The summed E-state index contributed by atoms with van der Waals surface area (Å²) in [7, 11) is -4.61. The number of ether oxygens (including phenoxy) is 2. The van der Waals surface area contributed by atoms with Gasteiger partial charge >= 0.3 is 19.8 Å². The largest absolute Gasteiger partial charge is 0.472 e. The van der Waals surface area contributed by atoms with Gasteiger partial charge in [0.1, 0.15) is 12.7 Å². The Kier molecular flexibility index (Phi) is 45.2. The first-order valence-electron chi connectivity index (χ1n) is 25.5. The molecule has 0 bridgehead atoms. The van der Waals surface area contributed by atoms with Crippen molar-refractivity contribution in [1.82, 2.24) is 0 Å². The van der Waals surface area contributed by atoms with Crippen LogP contribution in [0.3, 0.4) is 0 Å². The van der Waals surface area contributed by atoms with Gasteiger partial charge in [0, 0.05) is 12.8 Å². The summed E-state index contributed by atoms with van der Waals surface area (Å²) < 4.78 is 32.8. The highest BCUT2D eigenvalue weighted by atomic mass is 31.2. The summed E-state index contributed by atoms with van der Waals surface area (Å²) in [6, 6.07) is 0. The van der Waals surface area contributed by atoms with E-state index in [-0.39, 0.29) is 19.4 Å². The van der Waals surface area contributed by atoms with Crippen LogP contribution < -0.4 is 0 Å². The van der Waals surface area contributed by atoms with Crippen molar-refractivity contribution in [2.24, 2.45) is 0 Å². The zero-order valence-corrected chi connectivity index (χ0v) is 40.1. The van der Waals surface area contributed by atoms with E-state index in [1.54, 1.807) is 0 Å². The highest BCUT2D eigenvalue weighted by Crippen LogP contribution is 2.43. The molecule has 0 aliphatic carbocycles. The monoisotopic (exact) mass is 877 g/mol. The van der Waals surface area contributed by atoms with Gasteiger partial charge in [-0.3, -0.25) is 18.6 Å². The predicted octanol–water partition coefficient (Wildman–Crippen LogP) is 14.2. The topological polar surface area (TPSA) is 149 Å². The zero-order valence-electron chi connectivity index (χ0n) is 39.2. The molecule has 10 nitrogen and oxygen atoms in total. The number of unbranched alkanes of at least 4 members (excludes halogenated alkanes) is 35. The van der Waals surface area contributed by atoms with E-state index in [1.165, 1.54) is 193 Å². The molecule has 0 aromatic heterocycles. The molecule has 0 aromatic carbocycles. The van der Waals surface area contributed by atoms with E-state index < -0.39 is 51.8 Å². The summed E-state index contributed by atoms with van der Waals surface area (Å²) in [5.41, 5.74) is 0. The molecule has 0 heterocycles. The van der Waals surface area contributed by atoms with Gasteiger partial charge in [0.05, 0.1) is 19.8 Å². The molecule has 3 atom stereocenters. The summed E-state index contributed by atoms with van der Waals surface area (Å²) in [6.07, 6.45) is 45.0. The molecule has 358 valence electrons. The average Bonchev–Trinajstić information content (AvgIpc) is 3.24. The Balaban J connectivity index is 4.09. The first kappa shape index (κ1) is 59.0. The van der Waals surface area contributed by atoms with Gasteiger partial charge < -0.3 is 24.6 Å². The predicted molar refractivity (Wildman–Crippen MR) is 247 cm³/mol. The van der Waals surface area contributed by atoms with E-state index in [4.69, 9.17) is 23.6 Å². The van der Waals surface area contributed by atoms with Crippen molar-refractivity contribution in [3.63, 3.8) is 0 Å². The SMILES string of the molecule is CCCCCCCCCCCCCCCCCCCCCCCCCC(=O)O[C@H](COC(=O)CCCCCCCCCCCCCCCC)COP(=O)(O)OC[C@@H](O)CO. The van der Waals surface area contributed by atoms with Crippen molar-refractivity contribution < 1.29 is 47.8 Å². The number of rotatable bonds is 49. The molecule has 0 saturated carbocycles. The van der Waals surface area contributed by atoms with Gasteiger partial charge in [-0.25, -0.2) is 4.57 Å².